The van der Waals surface area contributed by atoms with Crippen LogP contribution in [0.4, 0.5) is 0 Å². The SMILES string of the molecule is COc1ccc(OCCN[C@H]2CS(=O)(=O)C[C@@H]2S(=O)(=O)c2ccc3c(c2)CCCC3)cc1. The summed E-state index contributed by atoms with van der Waals surface area (Å²) in [7, 11) is -5.64. The monoisotopic (exact) mass is 479 g/mol. The molecule has 7 nitrogen and oxygen atoms in total. The lowest BCUT2D eigenvalue weighted by atomic mass is 9.92. The molecule has 2 aromatic carbocycles. The first kappa shape index (κ1) is 23.1. The van der Waals surface area contributed by atoms with Gasteiger partial charge in [0.05, 0.1) is 28.8 Å². The third-order valence-corrected chi connectivity index (χ3v) is 10.3. The highest BCUT2D eigenvalue weighted by Gasteiger charge is 2.45. The van der Waals surface area contributed by atoms with Gasteiger partial charge in [-0.1, -0.05) is 6.07 Å². The Kier molecular flexibility index (Phi) is 6.78. The number of sulfone groups is 2. The van der Waals surface area contributed by atoms with Crippen LogP contribution in [0, 0.1) is 0 Å². The van der Waals surface area contributed by atoms with E-state index in [4.69, 9.17) is 9.47 Å². The molecule has 0 unspecified atom stereocenters. The Labute approximate surface area is 190 Å². The second-order valence-corrected chi connectivity index (χ2v) is 12.7. The fourth-order valence-corrected chi connectivity index (χ4v) is 9.22. The van der Waals surface area contributed by atoms with Gasteiger partial charge in [0.2, 0.25) is 0 Å². The van der Waals surface area contributed by atoms with Gasteiger partial charge >= 0.3 is 0 Å². The maximum absolute atomic E-state index is 13.4. The van der Waals surface area contributed by atoms with Crippen LogP contribution in [-0.2, 0) is 32.5 Å². The summed E-state index contributed by atoms with van der Waals surface area (Å²) in [5, 5.41) is 2.11. The predicted octanol–water partition coefficient (Wildman–Crippen LogP) is 2.18. The van der Waals surface area contributed by atoms with Crippen LogP contribution in [0.5, 0.6) is 11.5 Å². The molecule has 2 aromatic rings. The number of fused-ring (bicyclic) bond motifs is 1. The number of nitrogens with one attached hydrogen (secondary N) is 1. The van der Waals surface area contributed by atoms with Gasteiger partial charge in [0, 0.05) is 12.6 Å². The first-order chi connectivity index (χ1) is 15.3. The summed E-state index contributed by atoms with van der Waals surface area (Å²) in [6, 6.07) is 11.7. The number of hydrogen-bond donors (Lipinski definition) is 1. The zero-order chi connectivity index (χ0) is 22.8. The molecule has 0 saturated carbocycles. The van der Waals surface area contributed by atoms with Crippen LogP contribution in [0.3, 0.4) is 0 Å². The van der Waals surface area contributed by atoms with E-state index in [1.807, 2.05) is 6.07 Å². The molecule has 2 atom stereocenters. The van der Waals surface area contributed by atoms with Gasteiger partial charge in [0.1, 0.15) is 18.1 Å². The summed E-state index contributed by atoms with van der Waals surface area (Å²) < 4.78 is 62.2. The quantitative estimate of drug-likeness (QED) is 0.580. The summed E-state index contributed by atoms with van der Waals surface area (Å²) in [5.41, 5.74) is 2.26. The van der Waals surface area contributed by atoms with Crippen LogP contribution in [-0.4, -0.2) is 59.9 Å². The molecule has 0 aromatic heterocycles. The fourth-order valence-electron chi connectivity index (χ4n) is 4.46. The van der Waals surface area contributed by atoms with Gasteiger partial charge in [0.15, 0.2) is 19.7 Å². The van der Waals surface area contributed by atoms with Gasteiger partial charge in [0.25, 0.3) is 0 Å². The topological polar surface area (TPSA) is 98.8 Å². The lowest BCUT2D eigenvalue weighted by Gasteiger charge is -2.22. The van der Waals surface area contributed by atoms with E-state index in [0.29, 0.717) is 12.3 Å². The average molecular weight is 480 g/mol. The lowest BCUT2D eigenvalue weighted by molar-refractivity contribution is 0.307. The molecule has 9 heteroatoms. The van der Waals surface area contributed by atoms with Crippen molar-refractivity contribution in [2.24, 2.45) is 0 Å². The normalized spacial score (nSPS) is 22.3. The molecule has 0 radical (unpaired) electrons. The number of aryl methyl sites for hydroxylation is 2. The average Bonchev–Trinajstić information content (AvgIpc) is 3.12. The van der Waals surface area contributed by atoms with Crippen molar-refractivity contribution >= 4 is 19.7 Å². The number of benzene rings is 2. The van der Waals surface area contributed by atoms with E-state index >= 15 is 0 Å². The highest BCUT2D eigenvalue weighted by atomic mass is 32.2. The van der Waals surface area contributed by atoms with Crippen molar-refractivity contribution in [2.75, 3.05) is 31.8 Å². The first-order valence-electron chi connectivity index (χ1n) is 10.8. The highest BCUT2D eigenvalue weighted by Crippen LogP contribution is 2.29. The molecule has 0 amide bonds. The molecule has 2 aliphatic rings. The minimum absolute atomic E-state index is 0.190. The Balaban J connectivity index is 1.43. The molecule has 1 saturated heterocycles. The van der Waals surface area contributed by atoms with E-state index < -0.39 is 31.0 Å². The Morgan fingerprint density at radius 2 is 1.66 bits per heavy atom. The summed E-state index contributed by atoms with van der Waals surface area (Å²) in [5.74, 6) is 0.833. The maximum Gasteiger partial charge on any atom is 0.183 e. The minimum Gasteiger partial charge on any atom is -0.497 e. The van der Waals surface area contributed by atoms with E-state index in [1.54, 1.807) is 43.5 Å². The molecule has 1 aliphatic heterocycles. The Morgan fingerprint density at radius 3 is 2.38 bits per heavy atom. The molecule has 0 bridgehead atoms. The van der Waals surface area contributed by atoms with E-state index in [1.165, 1.54) is 5.56 Å². The van der Waals surface area contributed by atoms with Crippen LogP contribution < -0.4 is 14.8 Å². The molecule has 174 valence electrons. The second kappa shape index (κ2) is 9.41. The summed E-state index contributed by atoms with van der Waals surface area (Å²) in [4.78, 5) is 0.224. The van der Waals surface area contributed by atoms with Crippen LogP contribution >= 0.6 is 0 Å². The van der Waals surface area contributed by atoms with Crippen LogP contribution in [0.1, 0.15) is 24.0 Å². The van der Waals surface area contributed by atoms with E-state index in [9.17, 15) is 16.8 Å². The molecular formula is C23H29NO6S2. The van der Waals surface area contributed by atoms with Crippen LogP contribution in [0.15, 0.2) is 47.4 Å². The first-order valence-corrected chi connectivity index (χ1v) is 14.2. The van der Waals surface area contributed by atoms with E-state index in [-0.39, 0.29) is 23.0 Å². The van der Waals surface area contributed by atoms with Crippen molar-refractivity contribution in [1.29, 1.82) is 0 Å². The number of hydrogen-bond acceptors (Lipinski definition) is 7. The smallest absolute Gasteiger partial charge is 0.183 e. The number of methoxy groups -OCH3 is 1. The van der Waals surface area contributed by atoms with Gasteiger partial charge < -0.3 is 14.8 Å². The van der Waals surface area contributed by atoms with Gasteiger partial charge in [-0.2, -0.15) is 0 Å². The summed E-state index contributed by atoms with van der Waals surface area (Å²) in [6.07, 6.45) is 4.00. The van der Waals surface area contributed by atoms with Gasteiger partial charge in [-0.25, -0.2) is 16.8 Å². The summed E-state index contributed by atoms with van der Waals surface area (Å²) in [6.45, 7) is 0.622. The lowest BCUT2D eigenvalue weighted by Crippen LogP contribution is -2.44. The van der Waals surface area contributed by atoms with Gasteiger partial charge in [-0.15, -0.1) is 0 Å². The van der Waals surface area contributed by atoms with Crippen molar-refractivity contribution in [3.63, 3.8) is 0 Å². The van der Waals surface area contributed by atoms with Crippen molar-refractivity contribution in [1.82, 2.24) is 5.32 Å². The Bertz CT molecular complexity index is 1160. The molecule has 1 heterocycles. The molecule has 32 heavy (non-hydrogen) atoms. The molecule has 1 fully saturated rings. The maximum atomic E-state index is 13.4. The van der Waals surface area contributed by atoms with E-state index in [2.05, 4.69) is 5.32 Å². The van der Waals surface area contributed by atoms with Crippen LogP contribution in [0.2, 0.25) is 0 Å². The molecule has 4 rings (SSSR count). The molecule has 0 spiro atoms. The van der Waals surface area contributed by atoms with Crippen molar-refractivity contribution < 1.29 is 26.3 Å². The highest BCUT2D eigenvalue weighted by molar-refractivity contribution is 7.96. The van der Waals surface area contributed by atoms with Crippen molar-refractivity contribution in [3.8, 4) is 11.5 Å². The zero-order valence-electron chi connectivity index (χ0n) is 18.1. The van der Waals surface area contributed by atoms with Gasteiger partial charge in [-0.3, -0.25) is 0 Å². The zero-order valence-corrected chi connectivity index (χ0v) is 19.8. The van der Waals surface area contributed by atoms with E-state index in [0.717, 1.165) is 37.0 Å². The third kappa shape index (κ3) is 5.10. The standard InChI is InChI=1S/C23H29NO6S2/c1-29-19-7-9-20(10-8-19)30-13-12-24-22-15-31(25,26)16-23(22)32(27,28)21-11-6-17-4-2-3-5-18(17)14-21/h6-11,14,22-24H,2-5,12-13,15-16H2,1H3/t22-,23-/m0/s1. The molecular weight excluding hydrogens is 450 g/mol. The third-order valence-electron chi connectivity index (χ3n) is 6.18. The summed E-state index contributed by atoms with van der Waals surface area (Å²) >= 11 is 0. The van der Waals surface area contributed by atoms with Crippen molar-refractivity contribution in [2.45, 2.75) is 41.9 Å². The molecule has 1 aliphatic carbocycles. The number of ether oxygens (including phenoxy) is 2. The fraction of sp³-hybridized carbons (Fsp3) is 0.478. The van der Waals surface area contributed by atoms with Crippen molar-refractivity contribution in [3.05, 3.63) is 53.6 Å². The molecule has 1 N–H and O–H groups in total. The minimum atomic E-state index is -3.79. The van der Waals surface area contributed by atoms with Crippen LogP contribution in [0.25, 0.3) is 0 Å². The Hall–Kier alpha value is -2.10. The van der Waals surface area contributed by atoms with Gasteiger partial charge in [-0.05, 0) is 73.2 Å². The number of rotatable bonds is 8. The second-order valence-electron chi connectivity index (χ2n) is 8.38. The predicted molar refractivity (Wildman–Crippen MR) is 123 cm³/mol. The Morgan fingerprint density at radius 1 is 0.969 bits per heavy atom. The largest absolute Gasteiger partial charge is 0.497 e.